The zero-order chi connectivity index (χ0) is 21.3. The molecule has 1 aliphatic rings. The van der Waals surface area contributed by atoms with Gasteiger partial charge in [-0.15, -0.1) is 0 Å². The van der Waals surface area contributed by atoms with Crippen molar-refractivity contribution in [2.75, 3.05) is 13.1 Å². The van der Waals surface area contributed by atoms with Crippen LogP contribution in [0.2, 0.25) is 0 Å². The Labute approximate surface area is 183 Å². The zero-order valence-electron chi connectivity index (χ0n) is 17.9. The van der Waals surface area contributed by atoms with E-state index in [0.717, 1.165) is 12.1 Å². The molecule has 1 aromatic heterocycles. The first-order valence-corrected chi connectivity index (χ1v) is 11.2. The normalized spacial score (nSPS) is 14.5. The first kappa shape index (κ1) is 21.2. The Morgan fingerprint density at radius 3 is 2.52 bits per heavy atom. The number of carbonyl (C=O) groups excluding carboxylic acids is 1. The molecule has 1 amide bonds. The molecule has 0 unspecified atom stereocenters. The van der Waals surface area contributed by atoms with Crippen molar-refractivity contribution in [3.8, 4) is 11.4 Å². The van der Waals surface area contributed by atoms with E-state index in [-0.39, 0.29) is 5.91 Å². The molecule has 6 nitrogen and oxygen atoms in total. The SMILES string of the molecule is O=C(CCCc1nc(-c2ccccc2)no1)NCc1ccccc1CN1CCCCC1. The van der Waals surface area contributed by atoms with Crippen molar-refractivity contribution in [3.63, 3.8) is 0 Å². The fourth-order valence-corrected chi connectivity index (χ4v) is 3.99. The summed E-state index contributed by atoms with van der Waals surface area (Å²) in [7, 11) is 0. The summed E-state index contributed by atoms with van der Waals surface area (Å²) in [6.07, 6.45) is 5.62. The highest BCUT2D eigenvalue weighted by molar-refractivity contribution is 5.75. The predicted octanol–water partition coefficient (Wildman–Crippen LogP) is 4.36. The molecule has 3 aromatic rings. The molecular weight excluding hydrogens is 388 g/mol. The van der Waals surface area contributed by atoms with E-state index in [4.69, 9.17) is 4.52 Å². The van der Waals surface area contributed by atoms with Crippen LogP contribution in [0.3, 0.4) is 0 Å². The van der Waals surface area contributed by atoms with E-state index in [2.05, 4.69) is 38.6 Å². The number of hydrogen-bond donors (Lipinski definition) is 1. The molecule has 2 heterocycles. The minimum absolute atomic E-state index is 0.0515. The van der Waals surface area contributed by atoms with Crippen molar-refractivity contribution in [1.29, 1.82) is 0 Å². The van der Waals surface area contributed by atoms with Crippen molar-refractivity contribution in [3.05, 3.63) is 71.6 Å². The lowest BCUT2D eigenvalue weighted by Gasteiger charge is -2.27. The number of benzene rings is 2. The molecule has 2 aromatic carbocycles. The number of aryl methyl sites for hydroxylation is 1. The standard InChI is InChI=1S/C25H30N4O2/c30-23(14-9-15-24-27-25(28-31-24)20-10-3-1-4-11-20)26-18-21-12-5-6-13-22(21)19-29-16-7-2-8-17-29/h1,3-6,10-13H,2,7-9,14-19H2,(H,26,30). The van der Waals surface area contributed by atoms with Gasteiger partial charge in [-0.05, 0) is 43.5 Å². The maximum absolute atomic E-state index is 12.3. The van der Waals surface area contributed by atoms with Crippen LogP contribution in [0.5, 0.6) is 0 Å². The fourth-order valence-electron chi connectivity index (χ4n) is 3.99. The van der Waals surface area contributed by atoms with Gasteiger partial charge in [-0.25, -0.2) is 0 Å². The number of nitrogens with one attached hydrogen (secondary N) is 1. The van der Waals surface area contributed by atoms with Gasteiger partial charge in [0.05, 0.1) is 0 Å². The Morgan fingerprint density at radius 1 is 0.968 bits per heavy atom. The van der Waals surface area contributed by atoms with Crippen molar-refractivity contribution >= 4 is 5.91 Å². The van der Waals surface area contributed by atoms with Crippen molar-refractivity contribution in [2.45, 2.75) is 51.6 Å². The highest BCUT2D eigenvalue weighted by Crippen LogP contribution is 2.17. The monoisotopic (exact) mass is 418 g/mol. The van der Waals surface area contributed by atoms with Crippen molar-refractivity contribution in [1.82, 2.24) is 20.4 Å². The van der Waals surface area contributed by atoms with Gasteiger partial charge in [0.25, 0.3) is 0 Å². The Hall–Kier alpha value is -2.99. The summed E-state index contributed by atoms with van der Waals surface area (Å²) in [6.45, 7) is 3.87. The third-order valence-corrected chi connectivity index (χ3v) is 5.73. The molecule has 1 N–H and O–H groups in total. The molecule has 1 saturated heterocycles. The molecule has 0 bridgehead atoms. The van der Waals surface area contributed by atoms with Crippen LogP contribution in [0.15, 0.2) is 59.1 Å². The van der Waals surface area contributed by atoms with E-state index >= 15 is 0 Å². The second-order valence-corrected chi connectivity index (χ2v) is 8.11. The third-order valence-electron chi connectivity index (χ3n) is 5.73. The molecule has 0 aliphatic carbocycles. The van der Waals surface area contributed by atoms with Crippen LogP contribution in [-0.4, -0.2) is 34.0 Å². The minimum Gasteiger partial charge on any atom is -0.352 e. The Bertz CT molecular complexity index is 964. The number of likely N-dealkylation sites (tertiary alicyclic amines) is 1. The summed E-state index contributed by atoms with van der Waals surface area (Å²) in [5.74, 6) is 1.21. The van der Waals surface area contributed by atoms with Gasteiger partial charge in [0.1, 0.15) is 0 Å². The average Bonchev–Trinajstić information content (AvgIpc) is 3.29. The molecule has 4 rings (SSSR count). The van der Waals surface area contributed by atoms with Gasteiger partial charge in [0, 0.05) is 31.5 Å². The van der Waals surface area contributed by atoms with Crippen LogP contribution in [0.1, 0.15) is 49.1 Å². The lowest BCUT2D eigenvalue weighted by atomic mass is 10.0. The van der Waals surface area contributed by atoms with E-state index in [1.165, 1.54) is 43.5 Å². The number of amides is 1. The Kier molecular flexibility index (Phi) is 7.45. The van der Waals surface area contributed by atoms with Gasteiger partial charge in [-0.3, -0.25) is 9.69 Å². The number of rotatable bonds is 9. The molecule has 0 radical (unpaired) electrons. The van der Waals surface area contributed by atoms with E-state index in [1.54, 1.807) is 0 Å². The summed E-state index contributed by atoms with van der Waals surface area (Å²) in [5, 5.41) is 7.10. The lowest BCUT2D eigenvalue weighted by molar-refractivity contribution is -0.121. The van der Waals surface area contributed by atoms with E-state index in [1.807, 2.05) is 36.4 Å². The second-order valence-electron chi connectivity index (χ2n) is 8.11. The van der Waals surface area contributed by atoms with Crippen molar-refractivity contribution in [2.24, 2.45) is 0 Å². The number of piperidine rings is 1. The van der Waals surface area contributed by atoms with Crippen LogP contribution < -0.4 is 5.32 Å². The largest absolute Gasteiger partial charge is 0.352 e. The summed E-state index contributed by atoms with van der Waals surface area (Å²) in [5.41, 5.74) is 3.44. The first-order chi connectivity index (χ1) is 15.3. The fraction of sp³-hybridized carbons (Fsp3) is 0.400. The molecule has 0 spiro atoms. The molecule has 6 heteroatoms. The quantitative estimate of drug-likeness (QED) is 0.559. The van der Waals surface area contributed by atoms with E-state index in [0.29, 0.717) is 37.5 Å². The van der Waals surface area contributed by atoms with Crippen molar-refractivity contribution < 1.29 is 9.32 Å². The topological polar surface area (TPSA) is 71.3 Å². The number of nitrogens with zero attached hydrogens (tertiary/aromatic N) is 3. The summed E-state index contributed by atoms with van der Waals surface area (Å²) < 4.78 is 5.32. The van der Waals surface area contributed by atoms with Crippen LogP contribution in [-0.2, 0) is 24.3 Å². The average molecular weight is 419 g/mol. The molecule has 1 aliphatic heterocycles. The maximum atomic E-state index is 12.3. The highest BCUT2D eigenvalue weighted by atomic mass is 16.5. The summed E-state index contributed by atoms with van der Waals surface area (Å²) >= 11 is 0. The molecule has 31 heavy (non-hydrogen) atoms. The van der Waals surface area contributed by atoms with Gasteiger partial charge in [0.2, 0.25) is 17.6 Å². The second kappa shape index (κ2) is 10.9. The molecule has 1 fully saturated rings. The van der Waals surface area contributed by atoms with Crippen LogP contribution >= 0.6 is 0 Å². The Balaban J connectivity index is 1.22. The van der Waals surface area contributed by atoms with Crippen LogP contribution in [0, 0.1) is 0 Å². The Morgan fingerprint density at radius 2 is 1.71 bits per heavy atom. The highest BCUT2D eigenvalue weighted by Gasteiger charge is 2.13. The molecule has 162 valence electrons. The van der Waals surface area contributed by atoms with Gasteiger partial charge in [0.15, 0.2) is 0 Å². The molecular formula is C25H30N4O2. The third kappa shape index (κ3) is 6.25. The number of aromatic nitrogens is 2. The number of carbonyl (C=O) groups is 1. The summed E-state index contributed by atoms with van der Waals surface area (Å²) in [6, 6.07) is 18.2. The lowest BCUT2D eigenvalue weighted by Crippen LogP contribution is -2.30. The molecule has 0 saturated carbocycles. The van der Waals surface area contributed by atoms with Crippen LogP contribution in [0.4, 0.5) is 0 Å². The zero-order valence-corrected chi connectivity index (χ0v) is 17.9. The smallest absolute Gasteiger partial charge is 0.226 e. The van der Waals surface area contributed by atoms with Crippen LogP contribution in [0.25, 0.3) is 11.4 Å². The predicted molar refractivity (Wildman–Crippen MR) is 120 cm³/mol. The van der Waals surface area contributed by atoms with Gasteiger partial charge in [-0.1, -0.05) is 66.2 Å². The summed E-state index contributed by atoms with van der Waals surface area (Å²) in [4.78, 5) is 19.3. The van der Waals surface area contributed by atoms with Gasteiger partial charge in [-0.2, -0.15) is 4.98 Å². The first-order valence-electron chi connectivity index (χ1n) is 11.2. The molecule has 0 atom stereocenters. The van der Waals surface area contributed by atoms with Gasteiger partial charge >= 0.3 is 0 Å². The van der Waals surface area contributed by atoms with E-state index < -0.39 is 0 Å². The number of hydrogen-bond acceptors (Lipinski definition) is 5. The minimum atomic E-state index is 0.0515. The maximum Gasteiger partial charge on any atom is 0.226 e. The van der Waals surface area contributed by atoms with Gasteiger partial charge < -0.3 is 9.84 Å². The van der Waals surface area contributed by atoms with E-state index in [9.17, 15) is 4.79 Å².